The van der Waals surface area contributed by atoms with Crippen LogP contribution in [0.1, 0.15) is 46.8 Å². The summed E-state index contributed by atoms with van der Waals surface area (Å²) in [5.41, 5.74) is 16.6. The standard InChI is InChI=1S/C27H32FN7O/c1-2-17-15-20(18-7-11-34(12-8-18)26(29)30)3-5-23(17)25(36)33-21-4-6-22(24(28)16-21)19-9-13-35(14-10-19)27(31)32/h3-7,9,15-16H,2,8,10-14H2,1H3,(H3,29,30)(H3,31,32)(H,33,36). The normalized spacial score (nSPS) is 15.7. The maximum absolute atomic E-state index is 14.9. The molecule has 0 fully saturated rings. The van der Waals surface area contributed by atoms with E-state index in [4.69, 9.17) is 22.3 Å². The molecule has 0 aliphatic carbocycles. The molecule has 0 atom stereocenters. The lowest BCUT2D eigenvalue weighted by Gasteiger charge is -2.27. The van der Waals surface area contributed by atoms with Crippen LogP contribution >= 0.6 is 0 Å². The lowest BCUT2D eigenvalue weighted by atomic mass is 9.94. The number of nitrogens with two attached hydrogens (primary N) is 2. The van der Waals surface area contributed by atoms with Gasteiger partial charge in [0, 0.05) is 43.0 Å². The summed E-state index contributed by atoms with van der Waals surface area (Å²) in [4.78, 5) is 16.6. The van der Waals surface area contributed by atoms with Crippen molar-refractivity contribution in [3.8, 4) is 0 Å². The molecule has 9 heteroatoms. The minimum absolute atomic E-state index is 0.0124. The van der Waals surface area contributed by atoms with Gasteiger partial charge >= 0.3 is 0 Å². The van der Waals surface area contributed by atoms with E-state index in [1.807, 2.05) is 36.1 Å². The fourth-order valence-electron chi connectivity index (χ4n) is 4.64. The molecular weight excluding hydrogens is 457 g/mol. The number of aryl methyl sites for hydroxylation is 1. The molecule has 36 heavy (non-hydrogen) atoms. The Morgan fingerprint density at radius 1 is 0.972 bits per heavy atom. The van der Waals surface area contributed by atoms with Gasteiger partial charge in [0.25, 0.3) is 5.91 Å². The quantitative estimate of drug-likeness (QED) is 0.323. The van der Waals surface area contributed by atoms with Crippen molar-refractivity contribution in [3.05, 3.63) is 76.6 Å². The second-order valence-corrected chi connectivity index (χ2v) is 9.00. The van der Waals surface area contributed by atoms with Crippen molar-refractivity contribution in [2.24, 2.45) is 11.5 Å². The predicted octanol–water partition coefficient (Wildman–Crippen LogP) is 3.61. The molecule has 0 bridgehead atoms. The number of amides is 1. The van der Waals surface area contributed by atoms with Gasteiger partial charge in [-0.3, -0.25) is 15.6 Å². The maximum atomic E-state index is 14.9. The topological polar surface area (TPSA) is 135 Å². The van der Waals surface area contributed by atoms with Gasteiger partial charge in [0.05, 0.1) is 0 Å². The van der Waals surface area contributed by atoms with E-state index in [9.17, 15) is 9.18 Å². The van der Waals surface area contributed by atoms with Crippen LogP contribution in [0.15, 0.2) is 48.6 Å². The van der Waals surface area contributed by atoms with Gasteiger partial charge in [-0.1, -0.05) is 31.2 Å². The van der Waals surface area contributed by atoms with E-state index in [1.165, 1.54) is 11.6 Å². The number of halogens is 1. The SMILES string of the molecule is CCc1cc(C2=CCN(C(=N)N)CC2)ccc1C(=O)Nc1ccc(C2=CCN(C(=N)N)CC2)c(F)c1. The van der Waals surface area contributed by atoms with Crippen molar-refractivity contribution < 1.29 is 9.18 Å². The van der Waals surface area contributed by atoms with Crippen LogP contribution in [0.4, 0.5) is 10.1 Å². The summed E-state index contributed by atoms with van der Waals surface area (Å²) in [5.74, 6) is -0.588. The Morgan fingerprint density at radius 2 is 1.61 bits per heavy atom. The van der Waals surface area contributed by atoms with Crippen molar-refractivity contribution in [1.29, 1.82) is 10.8 Å². The number of hydrogen-bond donors (Lipinski definition) is 5. The summed E-state index contributed by atoms with van der Waals surface area (Å²) in [6.45, 7) is 4.34. The summed E-state index contributed by atoms with van der Waals surface area (Å²) in [6.07, 6.45) is 6.02. The Bertz CT molecular complexity index is 1270. The highest BCUT2D eigenvalue weighted by Crippen LogP contribution is 2.28. The molecule has 188 valence electrons. The second-order valence-electron chi connectivity index (χ2n) is 9.00. The molecule has 0 spiro atoms. The summed E-state index contributed by atoms with van der Waals surface area (Å²) >= 11 is 0. The molecular formula is C27H32FN7O. The molecule has 1 amide bonds. The Morgan fingerprint density at radius 3 is 2.14 bits per heavy atom. The van der Waals surface area contributed by atoms with Gasteiger partial charge in [0.1, 0.15) is 5.82 Å². The van der Waals surface area contributed by atoms with E-state index >= 15 is 0 Å². The van der Waals surface area contributed by atoms with Gasteiger partial charge in [-0.15, -0.1) is 0 Å². The number of benzene rings is 2. The molecule has 0 unspecified atom stereocenters. The molecule has 2 aliphatic heterocycles. The Kier molecular flexibility index (Phi) is 7.38. The highest BCUT2D eigenvalue weighted by molar-refractivity contribution is 6.05. The number of carbonyl (C=O) groups excluding carboxylic acids is 1. The Labute approximate surface area is 210 Å². The van der Waals surface area contributed by atoms with Crippen molar-refractivity contribution in [3.63, 3.8) is 0 Å². The van der Waals surface area contributed by atoms with Crippen LogP contribution in [0, 0.1) is 16.6 Å². The Balaban J connectivity index is 1.47. The number of nitrogens with zero attached hydrogens (tertiary/aromatic N) is 2. The number of hydrogen-bond acceptors (Lipinski definition) is 3. The summed E-state index contributed by atoms with van der Waals surface area (Å²) < 4.78 is 14.9. The minimum Gasteiger partial charge on any atom is -0.370 e. The molecule has 2 aromatic carbocycles. The van der Waals surface area contributed by atoms with Crippen molar-refractivity contribution in [1.82, 2.24) is 9.80 Å². The Hall–Kier alpha value is -4.14. The van der Waals surface area contributed by atoms with Crippen molar-refractivity contribution in [2.75, 3.05) is 31.5 Å². The molecule has 8 nitrogen and oxygen atoms in total. The van der Waals surface area contributed by atoms with Crippen LogP contribution in [-0.4, -0.2) is 53.8 Å². The van der Waals surface area contributed by atoms with Crippen molar-refractivity contribution in [2.45, 2.75) is 26.2 Å². The second kappa shape index (κ2) is 10.6. The zero-order valence-corrected chi connectivity index (χ0v) is 20.4. The molecule has 0 saturated heterocycles. The van der Waals surface area contributed by atoms with Gasteiger partial charge in [0.15, 0.2) is 11.9 Å². The van der Waals surface area contributed by atoms with Crippen molar-refractivity contribution >= 4 is 34.7 Å². The number of rotatable bonds is 5. The highest BCUT2D eigenvalue weighted by atomic mass is 19.1. The van der Waals surface area contributed by atoms with Crippen LogP contribution in [0.25, 0.3) is 11.1 Å². The summed E-state index contributed by atoms with van der Waals surface area (Å²) in [5, 5.41) is 17.9. The zero-order chi connectivity index (χ0) is 25.8. The molecule has 2 aromatic rings. The van der Waals surface area contributed by atoms with E-state index in [0.29, 0.717) is 55.8 Å². The molecule has 2 heterocycles. The van der Waals surface area contributed by atoms with Gasteiger partial charge in [-0.2, -0.15) is 0 Å². The fraction of sp³-hybridized carbons (Fsp3) is 0.296. The molecule has 2 aliphatic rings. The lowest BCUT2D eigenvalue weighted by Crippen LogP contribution is -2.39. The first-order chi connectivity index (χ1) is 17.3. The number of anilines is 1. The molecule has 0 aromatic heterocycles. The molecule has 0 radical (unpaired) electrons. The van der Waals surface area contributed by atoms with Crippen LogP contribution in [-0.2, 0) is 6.42 Å². The van der Waals surface area contributed by atoms with E-state index in [2.05, 4.69) is 11.4 Å². The number of nitrogens with one attached hydrogen (secondary N) is 3. The minimum atomic E-state index is -0.398. The van der Waals surface area contributed by atoms with E-state index < -0.39 is 5.82 Å². The summed E-state index contributed by atoms with van der Waals surface area (Å²) in [7, 11) is 0. The largest absolute Gasteiger partial charge is 0.370 e. The third kappa shape index (κ3) is 5.40. The molecule has 0 saturated carbocycles. The van der Waals surface area contributed by atoms with E-state index in [0.717, 1.165) is 23.1 Å². The fourth-order valence-corrected chi connectivity index (χ4v) is 4.64. The smallest absolute Gasteiger partial charge is 0.255 e. The molecule has 7 N–H and O–H groups in total. The van der Waals surface area contributed by atoms with Gasteiger partial charge in [-0.05, 0) is 65.8 Å². The third-order valence-electron chi connectivity index (χ3n) is 6.77. The molecule has 4 rings (SSSR count). The van der Waals surface area contributed by atoms with Gasteiger partial charge < -0.3 is 26.6 Å². The first-order valence-electron chi connectivity index (χ1n) is 12.1. The summed E-state index contributed by atoms with van der Waals surface area (Å²) in [6, 6.07) is 10.5. The number of carbonyl (C=O) groups is 1. The average molecular weight is 490 g/mol. The first-order valence-corrected chi connectivity index (χ1v) is 12.1. The zero-order valence-electron chi connectivity index (χ0n) is 20.4. The van der Waals surface area contributed by atoms with Crippen LogP contribution in [0.5, 0.6) is 0 Å². The lowest BCUT2D eigenvalue weighted by molar-refractivity contribution is 0.102. The third-order valence-corrected chi connectivity index (χ3v) is 6.77. The number of guanidine groups is 2. The van der Waals surface area contributed by atoms with Gasteiger partial charge in [-0.25, -0.2) is 4.39 Å². The van der Waals surface area contributed by atoms with E-state index in [1.54, 1.807) is 17.0 Å². The van der Waals surface area contributed by atoms with E-state index in [-0.39, 0.29) is 17.8 Å². The first kappa shape index (κ1) is 25.0. The monoisotopic (exact) mass is 489 g/mol. The average Bonchev–Trinajstić information content (AvgIpc) is 2.88. The van der Waals surface area contributed by atoms with Crippen LogP contribution < -0.4 is 16.8 Å². The van der Waals surface area contributed by atoms with Crippen LogP contribution in [0.3, 0.4) is 0 Å². The van der Waals surface area contributed by atoms with Crippen LogP contribution in [0.2, 0.25) is 0 Å². The highest BCUT2D eigenvalue weighted by Gasteiger charge is 2.19. The van der Waals surface area contributed by atoms with Gasteiger partial charge in [0.2, 0.25) is 0 Å². The predicted molar refractivity (Wildman–Crippen MR) is 142 cm³/mol. The maximum Gasteiger partial charge on any atom is 0.255 e.